The molecule has 0 radical (unpaired) electrons. The normalized spacial score (nSPS) is 10.8. The summed E-state index contributed by atoms with van der Waals surface area (Å²) in [6.45, 7) is 1.58. The molecule has 4 heteroatoms. The average molecular weight is 269 g/mol. The highest BCUT2D eigenvalue weighted by Gasteiger charge is 2.05. The Morgan fingerprint density at radius 2 is 2.06 bits per heavy atom. The molecule has 0 aliphatic heterocycles. The average Bonchev–Trinajstić information content (AvgIpc) is 2.72. The van der Waals surface area contributed by atoms with E-state index in [1.807, 2.05) is 31.4 Å². The van der Waals surface area contributed by atoms with Gasteiger partial charge in [-0.25, -0.2) is 0 Å². The highest BCUT2D eigenvalue weighted by atomic mass is 35.5. The molecular weight excluding hydrogens is 255 g/mol. The molecule has 0 amide bonds. The smallest absolute Gasteiger partial charge is 0.0488 e. The predicted octanol–water partition coefficient (Wildman–Crippen LogP) is 3.56. The molecule has 0 saturated heterocycles. The third-order valence-corrected chi connectivity index (χ3v) is 3.23. The number of nitrogens with one attached hydrogen (secondary N) is 1. The molecule has 0 atom stereocenters. The fourth-order valence-electron chi connectivity index (χ4n) is 1.79. The van der Waals surface area contributed by atoms with Crippen LogP contribution >= 0.6 is 23.2 Å². The van der Waals surface area contributed by atoms with Crippen molar-refractivity contribution in [1.29, 1.82) is 0 Å². The maximum atomic E-state index is 6.15. The molecule has 90 valence electrons. The van der Waals surface area contributed by atoms with Crippen molar-refractivity contribution in [3.63, 3.8) is 0 Å². The Morgan fingerprint density at radius 3 is 2.82 bits per heavy atom. The minimum atomic E-state index is 0.715. The highest BCUT2D eigenvalue weighted by molar-refractivity contribution is 6.33. The van der Waals surface area contributed by atoms with E-state index in [-0.39, 0.29) is 0 Å². The van der Waals surface area contributed by atoms with Crippen molar-refractivity contribution < 1.29 is 0 Å². The van der Waals surface area contributed by atoms with Crippen LogP contribution in [-0.4, -0.2) is 11.6 Å². The van der Waals surface area contributed by atoms with Crippen molar-refractivity contribution in [2.75, 3.05) is 7.05 Å². The van der Waals surface area contributed by atoms with Crippen LogP contribution in [0.1, 0.15) is 11.3 Å². The molecule has 0 bridgehead atoms. The molecule has 0 aliphatic carbocycles. The summed E-state index contributed by atoms with van der Waals surface area (Å²) in [5, 5.41) is 4.61. The molecule has 0 aliphatic rings. The second-order valence-electron chi connectivity index (χ2n) is 3.89. The zero-order valence-corrected chi connectivity index (χ0v) is 11.1. The van der Waals surface area contributed by atoms with Crippen molar-refractivity contribution in [2.45, 2.75) is 13.1 Å². The third-order valence-electron chi connectivity index (χ3n) is 2.63. The Balaban J connectivity index is 2.25. The second-order valence-corrected chi connectivity index (χ2v) is 4.74. The van der Waals surface area contributed by atoms with Crippen LogP contribution in [-0.2, 0) is 13.1 Å². The second kappa shape index (κ2) is 5.58. The van der Waals surface area contributed by atoms with Gasteiger partial charge in [0, 0.05) is 35.0 Å². The predicted molar refractivity (Wildman–Crippen MR) is 72.8 cm³/mol. The molecule has 2 rings (SSSR count). The first-order valence-corrected chi connectivity index (χ1v) is 6.19. The maximum Gasteiger partial charge on any atom is 0.0488 e. The summed E-state index contributed by atoms with van der Waals surface area (Å²) in [5.74, 6) is 0. The molecule has 2 aromatic rings. The largest absolute Gasteiger partial charge is 0.346 e. The molecule has 1 N–H and O–H groups in total. The monoisotopic (exact) mass is 268 g/mol. The van der Waals surface area contributed by atoms with Gasteiger partial charge >= 0.3 is 0 Å². The van der Waals surface area contributed by atoms with Crippen molar-refractivity contribution in [3.8, 4) is 0 Å². The standard InChI is InChI=1S/C13H14Cl2N2/c1-16-8-12-3-2-6-17(12)9-10-7-11(14)4-5-13(10)15/h2-7,16H,8-9H2,1H3. The molecule has 1 aromatic heterocycles. The summed E-state index contributed by atoms with van der Waals surface area (Å²) in [7, 11) is 1.93. The third kappa shape index (κ3) is 3.03. The van der Waals surface area contributed by atoms with Gasteiger partial charge in [0.25, 0.3) is 0 Å². The Hall–Kier alpha value is -0.960. The molecular formula is C13H14Cl2N2. The van der Waals surface area contributed by atoms with E-state index >= 15 is 0 Å². The highest BCUT2D eigenvalue weighted by Crippen LogP contribution is 2.22. The first kappa shape index (κ1) is 12.5. The summed E-state index contributed by atoms with van der Waals surface area (Å²) in [6.07, 6.45) is 2.05. The van der Waals surface area contributed by atoms with Crippen LogP contribution in [0.15, 0.2) is 36.5 Å². The number of nitrogens with zero attached hydrogens (tertiary/aromatic N) is 1. The topological polar surface area (TPSA) is 17.0 Å². The van der Waals surface area contributed by atoms with E-state index in [9.17, 15) is 0 Å². The molecule has 1 heterocycles. The molecule has 17 heavy (non-hydrogen) atoms. The lowest BCUT2D eigenvalue weighted by atomic mass is 10.2. The Labute approximate surface area is 111 Å². The van der Waals surface area contributed by atoms with Crippen LogP contribution in [0.25, 0.3) is 0 Å². The Bertz CT molecular complexity index is 506. The summed E-state index contributed by atoms with van der Waals surface area (Å²) in [4.78, 5) is 0. The number of hydrogen-bond acceptors (Lipinski definition) is 1. The van der Waals surface area contributed by atoms with Crippen LogP contribution in [0.5, 0.6) is 0 Å². The van der Waals surface area contributed by atoms with E-state index < -0.39 is 0 Å². The number of rotatable bonds is 4. The van der Waals surface area contributed by atoms with Gasteiger partial charge in [0.2, 0.25) is 0 Å². The van der Waals surface area contributed by atoms with Crippen LogP contribution in [0, 0.1) is 0 Å². The van der Waals surface area contributed by atoms with Gasteiger partial charge in [-0.3, -0.25) is 0 Å². The van der Waals surface area contributed by atoms with Gasteiger partial charge in [-0.1, -0.05) is 23.2 Å². The summed E-state index contributed by atoms with van der Waals surface area (Å²) in [5.41, 5.74) is 2.26. The first-order chi connectivity index (χ1) is 8.20. The molecule has 2 nitrogen and oxygen atoms in total. The summed E-state index contributed by atoms with van der Waals surface area (Å²) >= 11 is 12.1. The van der Waals surface area contributed by atoms with Crippen LogP contribution in [0.2, 0.25) is 10.0 Å². The van der Waals surface area contributed by atoms with Crippen LogP contribution < -0.4 is 5.32 Å². The fourth-order valence-corrected chi connectivity index (χ4v) is 2.17. The zero-order valence-electron chi connectivity index (χ0n) is 9.58. The van der Waals surface area contributed by atoms with Gasteiger partial charge in [-0.2, -0.15) is 0 Å². The Morgan fingerprint density at radius 1 is 1.24 bits per heavy atom. The molecule has 0 fully saturated rings. The number of benzene rings is 1. The van der Waals surface area contributed by atoms with E-state index in [2.05, 4.69) is 16.0 Å². The van der Waals surface area contributed by atoms with Crippen LogP contribution in [0.3, 0.4) is 0 Å². The van der Waals surface area contributed by atoms with E-state index in [0.29, 0.717) is 5.02 Å². The molecule has 0 spiro atoms. The SMILES string of the molecule is CNCc1cccn1Cc1cc(Cl)ccc1Cl. The molecule has 1 aromatic carbocycles. The molecule has 0 saturated carbocycles. The lowest BCUT2D eigenvalue weighted by Gasteiger charge is -2.10. The number of halogens is 2. The maximum absolute atomic E-state index is 6.15. The van der Waals surface area contributed by atoms with E-state index in [0.717, 1.165) is 23.7 Å². The first-order valence-electron chi connectivity index (χ1n) is 5.43. The van der Waals surface area contributed by atoms with Gasteiger partial charge < -0.3 is 9.88 Å². The lowest BCUT2D eigenvalue weighted by molar-refractivity contribution is 0.694. The zero-order chi connectivity index (χ0) is 12.3. The van der Waals surface area contributed by atoms with E-state index in [4.69, 9.17) is 23.2 Å². The minimum absolute atomic E-state index is 0.715. The van der Waals surface area contributed by atoms with Gasteiger partial charge in [0.15, 0.2) is 0 Å². The molecule has 0 unspecified atom stereocenters. The number of hydrogen-bond donors (Lipinski definition) is 1. The minimum Gasteiger partial charge on any atom is -0.346 e. The van der Waals surface area contributed by atoms with Gasteiger partial charge in [0.1, 0.15) is 0 Å². The van der Waals surface area contributed by atoms with Gasteiger partial charge in [-0.05, 0) is 42.9 Å². The quantitative estimate of drug-likeness (QED) is 0.898. The Kier molecular flexibility index (Phi) is 4.11. The van der Waals surface area contributed by atoms with Crippen molar-refractivity contribution in [1.82, 2.24) is 9.88 Å². The van der Waals surface area contributed by atoms with E-state index in [1.165, 1.54) is 5.69 Å². The van der Waals surface area contributed by atoms with Crippen molar-refractivity contribution in [2.24, 2.45) is 0 Å². The lowest BCUT2D eigenvalue weighted by Crippen LogP contribution is -2.11. The van der Waals surface area contributed by atoms with E-state index in [1.54, 1.807) is 6.07 Å². The number of aromatic nitrogens is 1. The summed E-state index contributed by atoms with van der Waals surface area (Å²) in [6, 6.07) is 9.67. The van der Waals surface area contributed by atoms with Gasteiger partial charge in [-0.15, -0.1) is 0 Å². The van der Waals surface area contributed by atoms with Gasteiger partial charge in [0.05, 0.1) is 0 Å². The van der Waals surface area contributed by atoms with Crippen molar-refractivity contribution >= 4 is 23.2 Å². The van der Waals surface area contributed by atoms with Crippen LogP contribution in [0.4, 0.5) is 0 Å². The van der Waals surface area contributed by atoms with Crippen molar-refractivity contribution in [3.05, 3.63) is 57.8 Å². The summed E-state index contributed by atoms with van der Waals surface area (Å²) < 4.78 is 2.16. The fraction of sp³-hybridized carbons (Fsp3) is 0.231.